The number of carbonyl (C=O) groups excluding carboxylic acids is 2. The van der Waals surface area contributed by atoms with E-state index in [4.69, 9.17) is 0 Å². The third-order valence-electron chi connectivity index (χ3n) is 5.95. The fourth-order valence-electron chi connectivity index (χ4n) is 4.30. The summed E-state index contributed by atoms with van der Waals surface area (Å²) in [4.78, 5) is 25.4. The predicted molar refractivity (Wildman–Crippen MR) is 128 cm³/mol. The Hall–Kier alpha value is -4.33. The fraction of sp³-hybridized carbons (Fsp3) is 0.148. The molecule has 1 aliphatic carbocycles. The van der Waals surface area contributed by atoms with Gasteiger partial charge in [0.1, 0.15) is 17.3 Å². The maximum absolute atomic E-state index is 14.4. The van der Waals surface area contributed by atoms with E-state index in [-0.39, 0.29) is 18.0 Å². The van der Waals surface area contributed by atoms with Gasteiger partial charge in [-0.05, 0) is 67.3 Å². The van der Waals surface area contributed by atoms with Crippen molar-refractivity contribution in [3.63, 3.8) is 0 Å². The fourth-order valence-corrected chi connectivity index (χ4v) is 4.30. The van der Waals surface area contributed by atoms with Gasteiger partial charge in [-0.15, -0.1) is 0 Å². The van der Waals surface area contributed by atoms with Gasteiger partial charge in [-0.25, -0.2) is 13.5 Å². The third kappa shape index (κ3) is 4.68. The quantitative estimate of drug-likeness (QED) is 0.422. The molecule has 2 amide bonds. The highest BCUT2D eigenvalue weighted by atomic mass is 19.1. The van der Waals surface area contributed by atoms with E-state index in [0.717, 1.165) is 35.7 Å². The van der Waals surface area contributed by atoms with Crippen LogP contribution >= 0.6 is 0 Å². The predicted octanol–water partition coefficient (Wildman–Crippen LogP) is 4.82. The maximum atomic E-state index is 14.4. The van der Waals surface area contributed by atoms with Crippen molar-refractivity contribution in [2.24, 2.45) is 0 Å². The molecule has 0 fully saturated rings. The highest BCUT2D eigenvalue weighted by molar-refractivity contribution is 6.04. The van der Waals surface area contributed by atoms with Crippen LogP contribution < -0.4 is 10.6 Å². The molecule has 4 aromatic rings. The Bertz CT molecular complexity index is 1430. The van der Waals surface area contributed by atoms with Gasteiger partial charge in [0, 0.05) is 29.1 Å². The average Bonchev–Trinajstić information content (AvgIpc) is 3.46. The molecule has 0 saturated carbocycles. The number of carbonyl (C=O) groups is 2. The van der Waals surface area contributed by atoms with E-state index >= 15 is 0 Å². The van der Waals surface area contributed by atoms with Gasteiger partial charge in [-0.2, -0.15) is 5.10 Å². The van der Waals surface area contributed by atoms with Gasteiger partial charge < -0.3 is 10.6 Å². The summed E-state index contributed by atoms with van der Waals surface area (Å²) in [6.45, 7) is 0.212. The minimum Gasteiger partial charge on any atom is -0.347 e. The molecule has 5 rings (SSSR count). The van der Waals surface area contributed by atoms with Crippen molar-refractivity contribution >= 4 is 17.5 Å². The van der Waals surface area contributed by atoms with Crippen molar-refractivity contribution < 1.29 is 18.4 Å². The summed E-state index contributed by atoms with van der Waals surface area (Å²) in [7, 11) is 0. The maximum Gasteiger partial charge on any atom is 0.272 e. The Morgan fingerprint density at radius 2 is 1.74 bits per heavy atom. The van der Waals surface area contributed by atoms with Crippen LogP contribution in [0.25, 0.3) is 5.69 Å². The number of nitrogens with one attached hydrogen (secondary N) is 2. The molecule has 176 valence electrons. The van der Waals surface area contributed by atoms with Crippen molar-refractivity contribution in [1.82, 2.24) is 15.1 Å². The second-order valence-electron chi connectivity index (χ2n) is 8.34. The number of amides is 2. The Balaban J connectivity index is 1.30. The average molecular weight is 472 g/mol. The smallest absolute Gasteiger partial charge is 0.272 e. The van der Waals surface area contributed by atoms with Gasteiger partial charge >= 0.3 is 0 Å². The number of rotatable bonds is 6. The number of hydrogen-bond donors (Lipinski definition) is 2. The van der Waals surface area contributed by atoms with Crippen molar-refractivity contribution in [2.45, 2.75) is 25.8 Å². The lowest BCUT2D eigenvalue weighted by Gasteiger charge is -2.09. The number of halogens is 2. The molecule has 35 heavy (non-hydrogen) atoms. The highest BCUT2D eigenvalue weighted by Crippen LogP contribution is 2.28. The SMILES string of the molecule is O=C(Nc1cccc(CNC(=O)c2nn(-c3ccccc3F)c3c2CCC3)c1)c1cccc(F)c1. The lowest BCUT2D eigenvalue weighted by molar-refractivity contribution is 0.0943. The molecule has 0 saturated heterocycles. The van der Waals surface area contributed by atoms with Gasteiger partial charge in [0.15, 0.2) is 5.69 Å². The molecule has 8 heteroatoms. The van der Waals surface area contributed by atoms with E-state index in [1.807, 2.05) is 6.07 Å². The topological polar surface area (TPSA) is 76.0 Å². The monoisotopic (exact) mass is 472 g/mol. The van der Waals surface area contributed by atoms with Crippen LogP contribution in [0, 0.1) is 11.6 Å². The molecule has 1 aliphatic rings. The zero-order valence-corrected chi connectivity index (χ0v) is 18.7. The first-order valence-electron chi connectivity index (χ1n) is 11.3. The first-order chi connectivity index (χ1) is 17.0. The van der Waals surface area contributed by atoms with Crippen molar-refractivity contribution in [3.05, 3.63) is 113 Å². The van der Waals surface area contributed by atoms with Crippen LogP contribution in [0.3, 0.4) is 0 Å². The molecular weight excluding hydrogens is 450 g/mol. The summed E-state index contributed by atoms with van der Waals surface area (Å²) in [5, 5.41) is 10.1. The molecule has 0 bridgehead atoms. The standard InChI is InChI=1S/C27H22F2N4O2/c28-19-8-4-7-18(15-19)26(34)31-20-9-3-6-17(14-20)16-30-27(35)25-21-10-5-13-23(21)33(32-25)24-12-2-1-11-22(24)29/h1-4,6-9,11-12,14-15H,5,10,13,16H2,(H,30,35)(H,31,34). The molecule has 0 unspecified atom stereocenters. The normalized spacial score (nSPS) is 12.3. The first kappa shape index (κ1) is 22.5. The molecule has 1 heterocycles. The summed E-state index contributed by atoms with van der Waals surface area (Å²) in [6.07, 6.45) is 2.33. The van der Waals surface area contributed by atoms with Gasteiger partial charge in [0.05, 0.1) is 0 Å². The van der Waals surface area contributed by atoms with E-state index in [1.54, 1.807) is 36.4 Å². The van der Waals surface area contributed by atoms with Gasteiger partial charge in [-0.3, -0.25) is 9.59 Å². The van der Waals surface area contributed by atoms with E-state index in [1.165, 1.54) is 28.9 Å². The Morgan fingerprint density at radius 1 is 0.914 bits per heavy atom. The van der Waals surface area contributed by atoms with Crippen LogP contribution in [0.4, 0.5) is 14.5 Å². The summed E-state index contributed by atoms with van der Waals surface area (Å²) in [5.41, 5.74) is 3.84. The van der Waals surface area contributed by atoms with Crippen LogP contribution in [-0.4, -0.2) is 21.6 Å². The number of hydrogen-bond acceptors (Lipinski definition) is 3. The van der Waals surface area contributed by atoms with Gasteiger partial charge in [0.2, 0.25) is 0 Å². The molecule has 0 aliphatic heterocycles. The first-order valence-corrected chi connectivity index (χ1v) is 11.3. The Kier molecular flexibility index (Phi) is 6.10. The molecule has 0 radical (unpaired) electrons. The second kappa shape index (κ2) is 9.50. The largest absolute Gasteiger partial charge is 0.347 e. The number of aromatic nitrogens is 2. The lowest BCUT2D eigenvalue weighted by atomic mass is 10.1. The van der Waals surface area contributed by atoms with Crippen molar-refractivity contribution in [3.8, 4) is 5.69 Å². The molecule has 2 N–H and O–H groups in total. The van der Waals surface area contributed by atoms with Crippen LogP contribution in [0.2, 0.25) is 0 Å². The summed E-state index contributed by atoms with van der Waals surface area (Å²) >= 11 is 0. The van der Waals surface area contributed by atoms with Crippen molar-refractivity contribution in [2.75, 3.05) is 5.32 Å². The Morgan fingerprint density at radius 3 is 2.57 bits per heavy atom. The molecule has 0 atom stereocenters. The van der Waals surface area contributed by atoms with Crippen LogP contribution in [0.1, 0.15) is 44.1 Å². The van der Waals surface area contributed by atoms with Crippen molar-refractivity contribution in [1.29, 1.82) is 0 Å². The van der Waals surface area contributed by atoms with Crippen LogP contribution in [0.15, 0.2) is 72.8 Å². The van der Waals surface area contributed by atoms with Crippen LogP contribution in [-0.2, 0) is 19.4 Å². The number of para-hydroxylation sites is 1. The van der Waals surface area contributed by atoms with E-state index < -0.39 is 17.5 Å². The zero-order valence-electron chi connectivity index (χ0n) is 18.7. The molecule has 1 aromatic heterocycles. The number of anilines is 1. The Labute approximate surface area is 200 Å². The van der Waals surface area contributed by atoms with Crippen LogP contribution in [0.5, 0.6) is 0 Å². The second-order valence-corrected chi connectivity index (χ2v) is 8.34. The molecule has 0 spiro atoms. The van der Waals surface area contributed by atoms with Gasteiger partial charge in [-0.1, -0.05) is 30.3 Å². The van der Waals surface area contributed by atoms with E-state index in [9.17, 15) is 18.4 Å². The minimum absolute atomic E-state index is 0.211. The number of benzene rings is 3. The number of nitrogens with zero attached hydrogens (tertiary/aromatic N) is 2. The summed E-state index contributed by atoms with van der Waals surface area (Å²) in [5.74, 6) is -1.65. The molecule has 3 aromatic carbocycles. The summed E-state index contributed by atoms with van der Waals surface area (Å²) < 4.78 is 29.3. The molecule has 6 nitrogen and oxygen atoms in total. The highest BCUT2D eigenvalue weighted by Gasteiger charge is 2.27. The lowest BCUT2D eigenvalue weighted by Crippen LogP contribution is -2.24. The molecular formula is C27H22F2N4O2. The van der Waals surface area contributed by atoms with E-state index in [0.29, 0.717) is 23.5 Å². The summed E-state index contributed by atoms with van der Waals surface area (Å²) in [6, 6.07) is 18.8. The van der Waals surface area contributed by atoms with E-state index in [2.05, 4.69) is 15.7 Å². The van der Waals surface area contributed by atoms with Gasteiger partial charge in [0.25, 0.3) is 11.8 Å². The zero-order chi connectivity index (χ0) is 24.4. The number of fused-ring (bicyclic) bond motifs is 1. The minimum atomic E-state index is -0.488. The third-order valence-corrected chi connectivity index (χ3v) is 5.95.